The van der Waals surface area contributed by atoms with Gasteiger partial charge in [-0.2, -0.15) is 0 Å². The minimum atomic E-state index is -3.56. The second-order valence-electron chi connectivity index (χ2n) is 2.78. The zero-order valence-electron chi connectivity index (χ0n) is 8.28. The molecule has 0 aliphatic heterocycles. The summed E-state index contributed by atoms with van der Waals surface area (Å²) in [6, 6.07) is -0.813. The Labute approximate surface area is 83.7 Å². The van der Waals surface area contributed by atoms with Crippen LogP contribution in [0.2, 0.25) is 0 Å². The van der Waals surface area contributed by atoms with E-state index in [0.717, 1.165) is 0 Å². The van der Waals surface area contributed by atoms with Crippen LogP contribution in [-0.2, 0) is 14.8 Å². The lowest BCUT2D eigenvalue weighted by Gasteiger charge is -2.12. The van der Waals surface area contributed by atoms with Crippen molar-refractivity contribution in [2.75, 3.05) is 18.9 Å². The number of likely N-dealkylation sites (N-methyl/N-ethyl adjacent to an activating group) is 1. The Bertz CT molecular complexity index is 275. The Morgan fingerprint density at radius 3 is 2.50 bits per heavy atom. The van der Waals surface area contributed by atoms with E-state index in [1.807, 2.05) is 0 Å². The highest BCUT2D eigenvalue weighted by Gasteiger charge is 2.18. The molecule has 7 heteroatoms. The van der Waals surface area contributed by atoms with Gasteiger partial charge >= 0.3 is 0 Å². The van der Waals surface area contributed by atoms with Crippen molar-refractivity contribution in [3.8, 4) is 0 Å². The maximum absolute atomic E-state index is 11.1. The summed E-state index contributed by atoms with van der Waals surface area (Å²) in [4.78, 5) is 11.1. The van der Waals surface area contributed by atoms with Crippen LogP contribution in [0.25, 0.3) is 0 Å². The molecule has 0 saturated carbocycles. The molecule has 1 atom stereocenters. The summed E-state index contributed by atoms with van der Waals surface area (Å²) in [6.45, 7) is 3.18. The summed E-state index contributed by atoms with van der Waals surface area (Å²) in [5.41, 5.74) is 0. The molecule has 6 nitrogen and oxygen atoms in total. The summed E-state index contributed by atoms with van der Waals surface area (Å²) in [5.74, 6) is -0.773. The second-order valence-corrected chi connectivity index (χ2v) is 4.65. The molecule has 0 saturated heterocycles. The third-order valence-electron chi connectivity index (χ3n) is 1.46. The van der Waals surface area contributed by atoms with Crippen molar-refractivity contribution in [2.45, 2.75) is 19.9 Å². The summed E-state index contributed by atoms with van der Waals surface area (Å²) < 4.78 is 24.3. The van der Waals surface area contributed by atoms with E-state index in [0.29, 0.717) is 6.54 Å². The van der Waals surface area contributed by atoms with Crippen LogP contribution in [0.1, 0.15) is 13.8 Å². The highest BCUT2D eigenvalue weighted by atomic mass is 32.2. The van der Waals surface area contributed by atoms with Crippen LogP contribution in [0.4, 0.5) is 0 Å². The highest BCUT2D eigenvalue weighted by Crippen LogP contribution is 1.89. The average Bonchev–Trinajstić information content (AvgIpc) is 2.03. The Morgan fingerprint density at radius 1 is 1.50 bits per heavy atom. The number of aliphatic hydroxyl groups excluding tert-OH is 1. The first-order valence-electron chi connectivity index (χ1n) is 4.31. The van der Waals surface area contributed by atoms with Gasteiger partial charge in [-0.25, -0.2) is 13.1 Å². The van der Waals surface area contributed by atoms with E-state index in [1.165, 1.54) is 6.92 Å². The molecule has 0 aliphatic carbocycles. The van der Waals surface area contributed by atoms with Gasteiger partial charge in [0, 0.05) is 6.54 Å². The SMILES string of the molecule is CCNC(=O)C(C)NS(=O)(=O)CCO. The normalized spacial score (nSPS) is 13.6. The first kappa shape index (κ1) is 13.3. The van der Waals surface area contributed by atoms with Crippen molar-refractivity contribution in [3.63, 3.8) is 0 Å². The van der Waals surface area contributed by atoms with E-state index in [2.05, 4.69) is 10.0 Å². The quantitative estimate of drug-likeness (QED) is 0.507. The molecule has 0 spiro atoms. The molecular formula is C7H16N2O4S. The molecule has 0 aromatic heterocycles. The van der Waals surface area contributed by atoms with E-state index in [-0.39, 0.29) is 5.91 Å². The molecule has 0 aromatic carbocycles. The number of nitrogens with one attached hydrogen (secondary N) is 2. The monoisotopic (exact) mass is 224 g/mol. The van der Waals surface area contributed by atoms with Gasteiger partial charge in [0.15, 0.2) is 0 Å². The predicted octanol–water partition coefficient (Wildman–Crippen LogP) is -1.58. The Hall–Kier alpha value is -0.660. The largest absolute Gasteiger partial charge is 0.395 e. The minimum Gasteiger partial charge on any atom is -0.395 e. The molecule has 84 valence electrons. The molecular weight excluding hydrogens is 208 g/mol. The zero-order chi connectivity index (χ0) is 11.2. The van der Waals surface area contributed by atoms with Crippen molar-refractivity contribution in [1.29, 1.82) is 0 Å². The van der Waals surface area contributed by atoms with Gasteiger partial charge in [-0.15, -0.1) is 0 Å². The van der Waals surface area contributed by atoms with E-state index in [9.17, 15) is 13.2 Å². The number of hydrogen-bond acceptors (Lipinski definition) is 4. The van der Waals surface area contributed by atoms with Gasteiger partial charge < -0.3 is 10.4 Å². The van der Waals surface area contributed by atoms with E-state index < -0.39 is 28.4 Å². The van der Waals surface area contributed by atoms with Gasteiger partial charge in [0.05, 0.1) is 18.4 Å². The molecule has 0 bridgehead atoms. The van der Waals surface area contributed by atoms with Crippen molar-refractivity contribution < 1.29 is 18.3 Å². The van der Waals surface area contributed by atoms with Crippen LogP contribution in [0, 0.1) is 0 Å². The number of aliphatic hydroxyl groups is 1. The maximum Gasteiger partial charge on any atom is 0.237 e. The summed E-state index contributed by atoms with van der Waals surface area (Å²) in [5, 5.41) is 10.9. The lowest BCUT2D eigenvalue weighted by atomic mass is 10.3. The Balaban J connectivity index is 4.17. The molecule has 0 aliphatic rings. The first-order valence-corrected chi connectivity index (χ1v) is 5.96. The van der Waals surface area contributed by atoms with Gasteiger partial charge in [0.2, 0.25) is 15.9 Å². The van der Waals surface area contributed by atoms with Crippen LogP contribution in [0.5, 0.6) is 0 Å². The smallest absolute Gasteiger partial charge is 0.237 e. The Morgan fingerprint density at radius 2 is 2.07 bits per heavy atom. The maximum atomic E-state index is 11.1. The van der Waals surface area contributed by atoms with Gasteiger partial charge in [-0.3, -0.25) is 4.79 Å². The van der Waals surface area contributed by atoms with E-state index in [4.69, 9.17) is 5.11 Å². The summed E-state index contributed by atoms with van der Waals surface area (Å²) in [6.07, 6.45) is 0. The molecule has 1 amide bonds. The molecule has 1 unspecified atom stereocenters. The van der Waals surface area contributed by atoms with Crippen molar-refractivity contribution in [1.82, 2.24) is 10.0 Å². The zero-order valence-corrected chi connectivity index (χ0v) is 9.10. The predicted molar refractivity (Wildman–Crippen MR) is 52.2 cm³/mol. The van der Waals surface area contributed by atoms with Crippen LogP contribution >= 0.6 is 0 Å². The van der Waals surface area contributed by atoms with E-state index in [1.54, 1.807) is 6.92 Å². The summed E-state index contributed by atoms with van der Waals surface area (Å²) in [7, 11) is -3.56. The van der Waals surface area contributed by atoms with E-state index >= 15 is 0 Å². The molecule has 0 rings (SSSR count). The highest BCUT2D eigenvalue weighted by molar-refractivity contribution is 7.89. The molecule has 3 N–H and O–H groups in total. The lowest BCUT2D eigenvalue weighted by Crippen LogP contribution is -2.45. The third kappa shape index (κ3) is 5.15. The second kappa shape index (κ2) is 5.94. The fourth-order valence-corrected chi connectivity index (χ4v) is 1.83. The van der Waals surface area contributed by atoms with Crippen LogP contribution in [0.3, 0.4) is 0 Å². The molecule has 14 heavy (non-hydrogen) atoms. The number of amides is 1. The third-order valence-corrected chi connectivity index (χ3v) is 2.89. The first-order chi connectivity index (χ1) is 6.43. The van der Waals surface area contributed by atoms with Crippen molar-refractivity contribution in [3.05, 3.63) is 0 Å². The number of rotatable bonds is 6. The number of carbonyl (C=O) groups is 1. The fourth-order valence-electron chi connectivity index (χ4n) is 0.829. The average molecular weight is 224 g/mol. The molecule has 0 radical (unpaired) electrons. The fraction of sp³-hybridized carbons (Fsp3) is 0.857. The van der Waals surface area contributed by atoms with Crippen LogP contribution < -0.4 is 10.0 Å². The van der Waals surface area contributed by atoms with Crippen LogP contribution in [0.15, 0.2) is 0 Å². The van der Waals surface area contributed by atoms with Gasteiger partial charge in [-0.05, 0) is 13.8 Å². The van der Waals surface area contributed by atoms with Gasteiger partial charge in [0.25, 0.3) is 0 Å². The van der Waals surface area contributed by atoms with Crippen LogP contribution in [-0.4, -0.2) is 44.4 Å². The topological polar surface area (TPSA) is 95.5 Å². The molecule has 0 fully saturated rings. The van der Waals surface area contributed by atoms with Gasteiger partial charge in [0.1, 0.15) is 0 Å². The Kier molecular flexibility index (Phi) is 5.66. The molecule has 0 aromatic rings. The molecule has 0 heterocycles. The summed E-state index contributed by atoms with van der Waals surface area (Å²) >= 11 is 0. The van der Waals surface area contributed by atoms with Crippen molar-refractivity contribution >= 4 is 15.9 Å². The number of hydrogen-bond donors (Lipinski definition) is 3. The van der Waals surface area contributed by atoms with Crippen molar-refractivity contribution in [2.24, 2.45) is 0 Å². The lowest BCUT2D eigenvalue weighted by molar-refractivity contribution is -0.122. The number of carbonyl (C=O) groups excluding carboxylic acids is 1. The number of sulfonamides is 1. The van der Waals surface area contributed by atoms with Gasteiger partial charge in [-0.1, -0.05) is 0 Å². The minimum absolute atomic E-state index is 0.381. The standard InChI is InChI=1S/C7H16N2O4S/c1-3-8-7(11)6(2)9-14(12,13)5-4-10/h6,9-10H,3-5H2,1-2H3,(H,8,11).